The molecular weight excluding hydrogens is 299 g/mol. The van der Waals surface area contributed by atoms with Gasteiger partial charge in [0.25, 0.3) is 5.88 Å². The molecule has 0 fully saturated rings. The summed E-state index contributed by atoms with van der Waals surface area (Å²) in [4.78, 5) is 3.80. The lowest BCUT2D eigenvalue weighted by Crippen LogP contribution is -1.95. The zero-order chi connectivity index (χ0) is 13.1. The highest BCUT2D eigenvalue weighted by Crippen LogP contribution is 2.29. The fourth-order valence-electron chi connectivity index (χ4n) is 1.34. The van der Waals surface area contributed by atoms with Gasteiger partial charge in [-0.15, -0.1) is 11.6 Å². The number of hydrogen-bond acceptors (Lipinski definition) is 2. The second-order valence-electron chi connectivity index (χ2n) is 3.43. The molecule has 0 saturated heterocycles. The maximum absolute atomic E-state index is 13.8. The number of rotatable bonds is 3. The summed E-state index contributed by atoms with van der Waals surface area (Å²) in [6, 6.07) is 6.07. The maximum Gasteiger partial charge on any atom is 0.256 e. The monoisotopic (exact) mass is 305 g/mol. The topological polar surface area (TPSA) is 22.1 Å². The van der Waals surface area contributed by atoms with Gasteiger partial charge in [-0.1, -0.05) is 23.2 Å². The Kier molecular flexibility index (Phi) is 4.27. The Hall–Kier alpha value is -1.03. The van der Waals surface area contributed by atoms with Gasteiger partial charge < -0.3 is 4.74 Å². The van der Waals surface area contributed by atoms with Crippen molar-refractivity contribution in [2.45, 2.75) is 5.88 Å². The lowest BCUT2D eigenvalue weighted by Gasteiger charge is -2.08. The molecule has 0 saturated carbocycles. The Labute approximate surface area is 118 Å². The van der Waals surface area contributed by atoms with Crippen molar-refractivity contribution in [1.29, 1.82) is 0 Å². The highest BCUT2D eigenvalue weighted by Gasteiger charge is 2.11. The van der Waals surface area contributed by atoms with Crippen molar-refractivity contribution in [2.24, 2.45) is 0 Å². The molecule has 6 heteroatoms. The smallest absolute Gasteiger partial charge is 0.256 e. The Bertz CT molecular complexity index is 557. The van der Waals surface area contributed by atoms with Gasteiger partial charge in [0.05, 0.1) is 5.88 Å². The summed E-state index contributed by atoms with van der Waals surface area (Å²) >= 11 is 17.2. The summed E-state index contributed by atoms with van der Waals surface area (Å²) < 4.78 is 19.1. The molecule has 18 heavy (non-hydrogen) atoms. The third kappa shape index (κ3) is 3.05. The van der Waals surface area contributed by atoms with Gasteiger partial charge in [-0.25, -0.2) is 9.37 Å². The Morgan fingerprint density at radius 1 is 1.17 bits per heavy atom. The Morgan fingerprint density at radius 3 is 2.44 bits per heavy atom. The van der Waals surface area contributed by atoms with Crippen molar-refractivity contribution in [3.05, 3.63) is 51.9 Å². The molecule has 2 nitrogen and oxygen atoms in total. The minimum Gasteiger partial charge on any atom is -0.436 e. The first-order valence-corrected chi connectivity index (χ1v) is 6.22. The van der Waals surface area contributed by atoms with Gasteiger partial charge in [0.1, 0.15) is 5.75 Å². The SMILES string of the molecule is Fc1c(CCl)ccnc1Oc1cc(Cl)cc(Cl)c1. The molecule has 0 unspecified atom stereocenters. The van der Waals surface area contributed by atoms with Crippen LogP contribution in [0.15, 0.2) is 30.5 Å². The molecule has 0 spiro atoms. The van der Waals surface area contributed by atoms with Crippen LogP contribution < -0.4 is 4.74 Å². The van der Waals surface area contributed by atoms with Gasteiger partial charge in [0, 0.05) is 21.8 Å². The van der Waals surface area contributed by atoms with Crippen LogP contribution in [0.2, 0.25) is 10.0 Å². The summed E-state index contributed by atoms with van der Waals surface area (Å²) in [5, 5.41) is 0.790. The van der Waals surface area contributed by atoms with Crippen LogP contribution >= 0.6 is 34.8 Å². The number of halogens is 4. The number of pyridine rings is 1. The van der Waals surface area contributed by atoms with E-state index in [1.54, 1.807) is 6.07 Å². The molecule has 0 aliphatic heterocycles. The van der Waals surface area contributed by atoms with Crippen LogP contribution in [0, 0.1) is 5.82 Å². The average Bonchev–Trinajstić information content (AvgIpc) is 2.30. The van der Waals surface area contributed by atoms with Crippen LogP contribution in [0.1, 0.15) is 5.56 Å². The molecule has 1 aromatic heterocycles. The van der Waals surface area contributed by atoms with Crippen LogP contribution in [-0.2, 0) is 5.88 Å². The summed E-state index contributed by atoms with van der Waals surface area (Å²) in [6.45, 7) is 0. The first-order valence-electron chi connectivity index (χ1n) is 4.93. The highest BCUT2D eigenvalue weighted by molar-refractivity contribution is 6.34. The van der Waals surface area contributed by atoms with E-state index in [0.717, 1.165) is 0 Å². The lowest BCUT2D eigenvalue weighted by atomic mass is 10.3. The molecule has 0 radical (unpaired) electrons. The van der Waals surface area contributed by atoms with Crippen LogP contribution in [0.3, 0.4) is 0 Å². The second-order valence-corrected chi connectivity index (χ2v) is 4.57. The highest BCUT2D eigenvalue weighted by atomic mass is 35.5. The predicted octanol–water partition coefficient (Wildman–Crippen LogP) is 5.06. The van der Waals surface area contributed by atoms with Crippen molar-refractivity contribution in [3.8, 4) is 11.6 Å². The van der Waals surface area contributed by atoms with Crippen molar-refractivity contribution < 1.29 is 9.13 Å². The average molecular weight is 307 g/mol. The van der Waals surface area contributed by atoms with Gasteiger partial charge in [0.15, 0.2) is 5.82 Å². The molecule has 0 bridgehead atoms. The van der Waals surface area contributed by atoms with Gasteiger partial charge in [0.2, 0.25) is 0 Å². The molecule has 0 aliphatic carbocycles. The summed E-state index contributed by atoms with van der Waals surface area (Å²) in [5.74, 6) is -0.401. The second kappa shape index (κ2) is 5.74. The normalized spacial score (nSPS) is 10.4. The molecule has 1 aromatic carbocycles. The number of nitrogens with zero attached hydrogens (tertiary/aromatic N) is 1. The fourth-order valence-corrected chi connectivity index (χ4v) is 2.05. The molecule has 0 atom stereocenters. The largest absolute Gasteiger partial charge is 0.436 e. The standard InChI is InChI=1S/C12H7Cl3FNO/c13-6-7-1-2-17-12(11(7)16)18-10-4-8(14)3-9(15)5-10/h1-5H,6H2. The van der Waals surface area contributed by atoms with Gasteiger partial charge in [-0.3, -0.25) is 0 Å². The van der Waals surface area contributed by atoms with Crippen LogP contribution in [0.25, 0.3) is 0 Å². The zero-order valence-corrected chi connectivity index (χ0v) is 11.2. The van der Waals surface area contributed by atoms with E-state index in [2.05, 4.69) is 4.98 Å². The first kappa shape index (κ1) is 13.4. The van der Waals surface area contributed by atoms with Crippen molar-refractivity contribution in [2.75, 3.05) is 0 Å². The fraction of sp³-hybridized carbons (Fsp3) is 0.0833. The lowest BCUT2D eigenvalue weighted by molar-refractivity contribution is 0.420. The first-order chi connectivity index (χ1) is 8.60. The molecular formula is C12H7Cl3FNO. The third-order valence-corrected chi connectivity index (χ3v) is 2.86. The minimum atomic E-state index is -0.594. The van der Waals surface area contributed by atoms with E-state index < -0.39 is 5.82 Å². The summed E-state index contributed by atoms with van der Waals surface area (Å²) in [5.41, 5.74) is 0.315. The number of hydrogen-bond donors (Lipinski definition) is 0. The summed E-state index contributed by atoms with van der Waals surface area (Å²) in [7, 11) is 0. The van der Waals surface area contributed by atoms with E-state index >= 15 is 0 Å². The van der Waals surface area contributed by atoms with Crippen LogP contribution in [0.5, 0.6) is 11.6 Å². The molecule has 0 aliphatic rings. The van der Waals surface area contributed by atoms with Crippen LogP contribution in [-0.4, -0.2) is 4.98 Å². The number of ether oxygens (including phenoxy) is 1. The van der Waals surface area contributed by atoms with Crippen molar-refractivity contribution in [1.82, 2.24) is 4.98 Å². The molecule has 1 heterocycles. The predicted molar refractivity (Wildman–Crippen MR) is 70.3 cm³/mol. The van der Waals surface area contributed by atoms with Gasteiger partial charge >= 0.3 is 0 Å². The number of benzene rings is 1. The van der Waals surface area contributed by atoms with E-state index in [4.69, 9.17) is 39.5 Å². The quantitative estimate of drug-likeness (QED) is 0.740. The summed E-state index contributed by atoms with van der Waals surface area (Å²) in [6.07, 6.45) is 1.42. The zero-order valence-electron chi connectivity index (χ0n) is 8.96. The van der Waals surface area contributed by atoms with Gasteiger partial charge in [-0.2, -0.15) is 0 Å². The van der Waals surface area contributed by atoms with E-state index in [0.29, 0.717) is 21.4 Å². The molecule has 2 rings (SSSR count). The Balaban J connectivity index is 2.34. The third-order valence-electron chi connectivity index (χ3n) is 2.13. The van der Waals surface area contributed by atoms with Gasteiger partial charge in [-0.05, 0) is 24.3 Å². The number of alkyl halides is 1. The van der Waals surface area contributed by atoms with E-state index in [9.17, 15) is 4.39 Å². The Morgan fingerprint density at radius 2 is 1.83 bits per heavy atom. The van der Waals surface area contributed by atoms with E-state index in [1.165, 1.54) is 24.4 Å². The maximum atomic E-state index is 13.8. The molecule has 0 amide bonds. The molecule has 2 aromatic rings. The van der Waals surface area contributed by atoms with E-state index in [-0.39, 0.29) is 11.8 Å². The van der Waals surface area contributed by atoms with Crippen LogP contribution in [0.4, 0.5) is 4.39 Å². The molecule has 94 valence electrons. The van der Waals surface area contributed by atoms with Crippen molar-refractivity contribution in [3.63, 3.8) is 0 Å². The minimum absolute atomic E-state index is 0.0427. The van der Waals surface area contributed by atoms with E-state index in [1.807, 2.05) is 0 Å². The number of aromatic nitrogens is 1. The molecule has 0 N–H and O–H groups in total. The van der Waals surface area contributed by atoms with Crippen molar-refractivity contribution >= 4 is 34.8 Å².